The first kappa shape index (κ1) is 26.0. The Labute approximate surface area is 292 Å². The molecule has 0 radical (unpaired) electrons. The van der Waals surface area contributed by atoms with Gasteiger partial charge in [-0.05, 0) is 101 Å². The van der Waals surface area contributed by atoms with Crippen molar-refractivity contribution < 1.29 is 2.74 Å². The Morgan fingerprint density at radius 3 is 1.41 bits per heavy atom. The van der Waals surface area contributed by atoms with E-state index < -0.39 is 0 Å². The van der Waals surface area contributed by atoms with Crippen molar-refractivity contribution in [1.82, 2.24) is 0 Å². The van der Waals surface area contributed by atoms with E-state index in [1.807, 2.05) is 30.3 Å². The predicted molar refractivity (Wildman–Crippen MR) is 214 cm³/mol. The topological polar surface area (TPSA) is 0 Å². The zero-order chi connectivity index (χ0) is 34.1. The van der Waals surface area contributed by atoms with E-state index in [1.165, 1.54) is 81.5 Å². The van der Waals surface area contributed by atoms with E-state index in [2.05, 4.69) is 140 Å². The second-order valence-corrected chi connectivity index (χ2v) is 13.8. The highest BCUT2D eigenvalue weighted by atomic mass is 32.1. The van der Waals surface area contributed by atoms with Crippen molar-refractivity contribution in [3.8, 4) is 44.5 Å². The molecule has 0 nitrogen and oxygen atoms in total. The van der Waals surface area contributed by atoms with Crippen LogP contribution in [0.3, 0.4) is 0 Å². The summed E-state index contributed by atoms with van der Waals surface area (Å²) in [6, 6.07) is 61.7. The molecule has 0 atom stereocenters. The second kappa shape index (κ2) is 11.3. The average molecular weight is 641 g/mol. The lowest BCUT2D eigenvalue weighted by atomic mass is 9.85. The van der Waals surface area contributed by atoms with Crippen molar-refractivity contribution in [3.63, 3.8) is 0 Å². The lowest BCUT2D eigenvalue weighted by molar-refractivity contribution is 1.62. The van der Waals surface area contributed by atoms with Crippen molar-refractivity contribution in [2.24, 2.45) is 0 Å². The summed E-state index contributed by atoms with van der Waals surface area (Å²) in [5.41, 5.74) is 9.64. The molecule has 0 spiro atoms. The maximum absolute atomic E-state index is 8.04. The molecule has 1 heterocycles. The molecule has 0 aliphatic rings. The molecule has 49 heavy (non-hydrogen) atoms. The Hall–Kier alpha value is -6.02. The predicted octanol–water partition coefficient (Wildman–Crippen LogP) is 14.2. The first-order chi connectivity index (χ1) is 25.1. The summed E-state index contributed by atoms with van der Waals surface area (Å²) in [7, 11) is 0. The SMILES string of the molecule is [2H]c1ccc2cc(-c3ccc(-c4c5ccccc5c(-c5ccc(-c6ccc7sc8cc([2H])ccc8c7c6)cc5)c5ccccc45)cc3)ccc2c1. The fourth-order valence-electron chi connectivity index (χ4n) is 7.56. The Morgan fingerprint density at radius 1 is 0.306 bits per heavy atom. The summed E-state index contributed by atoms with van der Waals surface area (Å²) < 4.78 is 18.4. The standard InChI is InChI=1S/C48H30S/c1-2-10-36-29-37(26-21-31(36)9-1)32-17-22-34(23-18-32)47-40-12-3-5-14-42(40)48(43-15-6-4-13-41(43)47)35-24-19-33(20-25-35)38-27-28-46-44(30-38)39-11-7-8-16-45(39)49-46/h1-30H/i1D,8D. The molecular weight excluding hydrogens is 609 g/mol. The molecule has 0 amide bonds. The minimum Gasteiger partial charge on any atom is -0.135 e. The third kappa shape index (κ3) is 4.66. The Morgan fingerprint density at radius 2 is 0.776 bits per heavy atom. The van der Waals surface area contributed by atoms with Crippen molar-refractivity contribution in [3.05, 3.63) is 182 Å². The molecular formula is C48H30S. The van der Waals surface area contributed by atoms with Crippen LogP contribution in [-0.2, 0) is 0 Å². The normalized spacial score (nSPS) is 12.2. The van der Waals surface area contributed by atoms with E-state index in [9.17, 15) is 0 Å². The molecule has 1 heteroatoms. The maximum Gasteiger partial charge on any atom is 0.0623 e. The third-order valence-electron chi connectivity index (χ3n) is 9.95. The summed E-state index contributed by atoms with van der Waals surface area (Å²) in [5.74, 6) is 0. The molecule has 9 aromatic carbocycles. The summed E-state index contributed by atoms with van der Waals surface area (Å²) in [6.07, 6.45) is 0. The first-order valence-electron chi connectivity index (χ1n) is 17.7. The summed E-state index contributed by atoms with van der Waals surface area (Å²) >= 11 is 1.76. The monoisotopic (exact) mass is 640 g/mol. The number of hydrogen-bond acceptors (Lipinski definition) is 1. The molecule has 0 saturated carbocycles. The highest BCUT2D eigenvalue weighted by Crippen LogP contribution is 2.44. The summed E-state index contributed by atoms with van der Waals surface area (Å²) in [6.45, 7) is 0. The minimum atomic E-state index is 0.535. The first-order valence-corrected chi connectivity index (χ1v) is 17.5. The quantitative estimate of drug-likeness (QED) is 0.168. The van der Waals surface area contributed by atoms with Crippen molar-refractivity contribution >= 4 is 63.8 Å². The van der Waals surface area contributed by atoms with Gasteiger partial charge in [0.25, 0.3) is 0 Å². The number of hydrogen-bond donors (Lipinski definition) is 0. The Balaban J connectivity index is 1.07. The fourth-order valence-corrected chi connectivity index (χ4v) is 8.63. The molecule has 0 N–H and O–H groups in total. The smallest absolute Gasteiger partial charge is 0.0623 e. The number of benzene rings is 9. The van der Waals surface area contributed by atoms with Crippen molar-refractivity contribution in [2.75, 3.05) is 0 Å². The minimum absolute atomic E-state index is 0.535. The molecule has 0 saturated heterocycles. The maximum atomic E-state index is 8.04. The fraction of sp³-hybridized carbons (Fsp3) is 0. The van der Waals surface area contributed by atoms with E-state index in [4.69, 9.17) is 2.74 Å². The average Bonchev–Trinajstić information content (AvgIpc) is 3.53. The largest absolute Gasteiger partial charge is 0.135 e. The van der Waals surface area contributed by atoms with Gasteiger partial charge < -0.3 is 0 Å². The molecule has 0 unspecified atom stereocenters. The van der Waals surface area contributed by atoms with E-state index in [-0.39, 0.29) is 0 Å². The van der Waals surface area contributed by atoms with Gasteiger partial charge in [0.05, 0.1) is 2.74 Å². The third-order valence-corrected chi connectivity index (χ3v) is 11.1. The van der Waals surface area contributed by atoms with E-state index in [0.29, 0.717) is 12.1 Å². The molecule has 1 aromatic heterocycles. The lowest BCUT2D eigenvalue weighted by Crippen LogP contribution is -1.91. The highest BCUT2D eigenvalue weighted by molar-refractivity contribution is 7.25. The van der Waals surface area contributed by atoms with Crippen LogP contribution in [-0.4, -0.2) is 0 Å². The van der Waals surface area contributed by atoms with E-state index >= 15 is 0 Å². The number of thiophene rings is 1. The summed E-state index contributed by atoms with van der Waals surface area (Å²) in [5, 5.41) is 9.67. The van der Waals surface area contributed by atoms with Crippen LogP contribution < -0.4 is 0 Å². The van der Waals surface area contributed by atoms with Crippen LogP contribution in [0.25, 0.3) is 97.0 Å². The van der Waals surface area contributed by atoms with Gasteiger partial charge in [0.2, 0.25) is 0 Å². The van der Waals surface area contributed by atoms with Crippen molar-refractivity contribution in [2.45, 2.75) is 0 Å². The number of fused-ring (bicyclic) bond motifs is 6. The van der Waals surface area contributed by atoms with Crippen LogP contribution in [0.1, 0.15) is 2.74 Å². The van der Waals surface area contributed by atoms with Gasteiger partial charge >= 0.3 is 0 Å². The number of rotatable bonds is 4. The van der Waals surface area contributed by atoms with Crippen LogP contribution in [0.4, 0.5) is 0 Å². The zero-order valence-corrected chi connectivity index (χ0v) is 27.4. The second-order valence-electron chi connectivity index (χ2n) is 12.7. The molecule has 228 valence electrons. The molecule has 0 aliphatic heterocycles. The van der Waals surface area contributed by atoms with Crippen LogP contribution in [0, 0.1) is 0 Å². The van der Waals surface area contributed by atoms with Gasteiger partial charge in [-0.1, -0.05) is 158 Å². The molecule has 0 bridgehead atoms. The van der Waals surface area contributed by atoms with Gasteiger partial charge in [-0.2, -0.15) is 0 Å². The molecule has 0 aliphatic carbocycles. The molecule has 10 aromatic rings. The van der Waals surface area contributed by atoms with Gasteiger partial charge in [0, 0.05) is 20.2 Å². The van der Waals surface area contributed by atoms with Crippen LogP contribution in [0.15, 0.2) is 182 Å². The van der Waals surface area contributed by atoms with Crippen LogP contribution >= 0.6 is 11.3 Å². The highest BCUT2D eigenvalue weighted by Gasteiger charge is 2.17. The Bertz CT molecular complexity index is 2910. The molecule has 10 rings (SSSR count). The van der Waals surface area contributed by atoms with Crippen molar-refractivity contribution in [1.29, 1.82) is 0 Å². The van der Waals surface area contributed by atoms with Gasteiger partial charge in [-0.3, -0.25) is 0 Å². The molecule has 0 fully saturated rings. The van der Waals surface area contributed by atoms with Gasteiger partial charge in [0.15, 0.2) is 0 Å². The van der Waals surface area contributed by atoms with Gasteiger partial charge in [-0.15, -0.1) is 11.3 Å². The lowest BCUT2D eigenvalue weighted by Gasteiger charge is -2.18. The Kier molecular flexibility index (Phi) is 6.00. The van der Waals surface area contributed by atoms with Crippen LogP contribution in [0.2, 0.25) is 0 Å². The summed E-state index contributed by atoms with van der Waals surface area (Å²) in [4.78, 5) is 0. The van der Waals surface area contributed by atoms with E-state index in [0.717, 1.165) is 15.5 Å². The van der Waals surface area contributed by atoms with Gasteiger partial charge in [-0.25, -0.2) is 0 Å². The van der Waals surface area contributed by atoms with Gasteiger partial charge in [0.1, 0.15) is 0 Å². The van der Waals surface area contributed by atoms with E-state index in [1.54, 1.807) is 11.3 Å². The van der Waals surface area contributed by atoms with Crippen LogP contribution in [0.5, 0.6) is 0 Å². The zero-order valence-electron chi connectivity index (χ0n) is 28.6.